The Morgan fingerprint density at radius 2 is 1.92 bits per heavy atom. The first-order valence-corrected chi connectivity index (χ1v) is 8.46. The van der Waals surface area contributed by atoms with Gasteiger partial charge in [0, 0.05) is 19.2 Å². The molecule has 6 nitrogen and oxygen atoms in total. The first-order valence-electron chi connectivity index (χ1n) is 7.67. The van der Waals surface area contributed by atoms with Gasteiger partial charge in [-0.05, 0) is 59.3 Å². The van der Waals surface area contributed by atoms with Gasteiger partial charge in [0.25, 0.3) is 0 Å². The molecule has 3 amide bonds. The normalized spacial score (nSPS) is 16.4. The maximum atomic E-state index is 13.0. The summed E-state index contributed by atoms with van der Waals surface area (Å²) in [5.74, 6) is -0.101. The van der Waals surface area contributed by atoms with Crippen LogP contribution in [0.25, 0.3) is 0 Å². The standard InChI is InChI=1S/C17H16BrFN4O2/c1-10-9-22(17(25)20-13-5-3-12(19)4-6-13)16-14(23(10)11(2)24)7-8-15(18)21-16/h3-8,10H,9H2,1-2H3,(H,20,25)/t10-/m0/s1. The third-order valence-corrected chi connectivity index (χ3v) is 4.34. The molecule has 3 rings (SSSR count). The fraction of sp³-hybridized carbons (Fsp3) is 0.235. The van der Waals surface area contributed by atoms with E-state index in [1.807, 2.05) is 6.92 Å². The zero-order chi connectivity index (χ0) is 18.1. The molecule has 1 aromatic heterocycles. The van der Waals surface area contributed by atoms with Crippen LogP contribution >= 0.6 is 15.9 Å². The Labute approximate surface area is 152 Å². The SMILES string of the molecule is CC(=O)N1c2ccc(Br)nc2N(C(=O)Nc2ccc(F)cc2)C[C@@H]1C. The maximum Gasteiger partial charge on any atom is 0.327 e. The Hall–Kier alpha value is -2.48. The van der Waals surface area contributed by atoms with Gasteiger partial charge < -0.3 is 10.2 Å². The van der Waals surface area contributed by atoms with E-state index >= 15 is 0 Å². The van der Waals surface area contributed by atoms with Crippen LogP contribution in [0, 0.1) is 5.82 Å². The highest BCUT2D eigenvalue weighted by Crippen LogP contribution is 2.35. The van der Waals surface area contributed by atoms with Crippen LogP contribution in [0.1, 0.15) is 13.8 Å². The molecule has 0 aliphatic carbocycles. The second-order valence-corrected chi connectivity index (χ2v) is 6.57. The van der Waals surface area contributed by atoms with E-state index in [2.05, 4.69) is 26.2 Å². The van der Waals surface area contributed by atoms with E-state index in [1.165, 1.54) is 36.1 Å². The Morgan fingerprint density at radius 1 is 1.24 bits per heavy atom. The number of amides is 3. The smallest absolute Gasteiger partial charge is 0.307 e. The van der Waals surface area contributed by atoms with Gasteiger partial charge in [-0.15, -0.1) is 0 Å². The van der Waals surface area contributed by atoms with Crippen molar-refractivity contribution in [1.29, 1.82) is 0 Å². The number of nitrogens with one attached hydrogen (secondary N) is 1. The number of fused-ring (bicyclic) bond motifs is 1. The molecule has 1 aromatic carbocycles. The molecule has 25 heavy (non-hydrogen) atoms. The zero-order valence-electron chi connectivity index (χ0n) is 13.7. The number of urea groups is 1. The van der Waals surface area contributed by atoms with Crippen molar-refractivity contribution in [1.82, 2.24) is 4.98 Å². The van der Waals surface area contributed by atoms with E-state index in [-0.39, 0.29) is 17.8 Å². The third-order valence-electron chi connectivity index (χ3n) is 3.90. The van der Waals surface area contributed by atoms with Crippen LogP contribution in [0.15, 0.2) is 41.0 Å². The molecule has 1 aliphatic heterocycles. The third kappa shape index (κ3) is 3.48. The van der Waals surface area contributed by atoms with Crippen molar-refractivity contribution in [2.24, 2.45) is 0 Å². The molecular formula is C17H16BrFN4O2. The fourth-order valence-electron chi connectivity index (χ4n) is 2.86. The van der Waals surface area contributed by atoms with Gasteiger partial charge in [-0.25, -0.2) is 14.2 Å². The van der Waals surface area contributed by atoms with E-state index in [1.54, 1.807) is 17.0 Å². The summed E-state index contributed by atoms with van der Waals surface area (Å²) in [5.41, 5.74) is 1.05. The van der Waals surface area contributed by atoms with Gasteiger partial charge in [0.15, 0.2) is 5.82 Å². The Kier molecular flexibility index (Phi) is 4.71. The second-order valence-electron chi connectivity index (χ2n) is 5.76. The number of rotatable bonds is 1. The van der Waals surface area contributed by atoms with E-state index in [0.29, 0.717) is 28.3 Å². The van der Waals surface area contributed by atoms with Crippen molar-refractivity contribution < 1.29 is 14.0 Å². The molecular weight excluding hydrogens is 391 g/mol. The first kappa shape index (κ1) is 17.3. The van der Waals surface area contributed by atoms with Gasteiger partial charge in [0.05, 0.1) is 11.7 Å². The number of carbonyl (C=O) groups is 2. The lowest BCUT2D eigenvalue weighted by molar-refractivity contribution is -0.117. The number of anilines is 3. The number of pyridine rings is 1. The molecule has 2 aromatic rings. The minimum atomic E-state index is -0.395. The first-order chi connectivity index (χ1) is 11.9. The quantitative estimate of drug-likeness (QED) is 0.732. The summed E-state index contributed by atoms with van der Waals surface area (Å²) in [4.78, 5) is 32.2. The number of hydrogen-bond acceptors (Lipinski definition) is 3. The molecule has 0 spiro atoms. The lowest BCUT2D eigenvalue weighted by Crippen LogP contribution is -2.52. The van der Waals surface area contributed by atoms with Gasteiger partial charge in [-0.2, -0.15) is 0 Å². The molecule has 1 aliphatic rings. The predicted octanol–water partition coefficient (Wildman–Crippen LogP) is 3.78. The van der Waals surface area contributed by atoms with Gasteiger partial charge >= 0.3 is 6.03 Å². The molecule has 0 saturated carbocycles. The number of benzene rings is 1. The Bertz CT molecular complexity index is 828. The molecule has 0 bridgehead atoms. The summed E-state index contributed by atoms with van der Waals surface area (Å²) >= 11 is 3.30. The summed E-state index contributed by atoms with van der Waals surface area (Å²) in [6.07, 6.45) is 0. The van der Waals surface area contributed by atoms with Crippen LogP contribution < -0.4 is 15.1 Å². The monoisotopic (exact) mass is 406 g/mol. The Morgan fingerprint density at radius 3 is 2.56 bits per heavy atom. The van der Waals surface area contributed by atoms with Gasteiger partial charge in [-0.1, -0.05) is 0 Å². The van der Waals surface area contributed by atoms with E-state index in [0.717, 1.165) is 0 Å². The largest absolute Gasteiger partial charge is 0.327 e. The molecule has 130 valence electrons. The average Bonchev–Trinajstić information content (AvgIpc) is 2.56. The highest BCUT2D eigenvalue weighted by Gasteiger charge is 2.34. The molecule has 0 unspecified atom stereocenters. The minimum Gasteiger partial charge on any atom is -0.307 e. The van der Waals surface area contributed by atoms with Crippen LogP contribution in [0.4, 0.5) is 26.4 Å². The van der Waals surface area contributed by atoms with Gasteiger partial charge in [0.1, 0.15) is 10.4 Å². The summed E-state index contributed by atoms with van der Waals surface area (Å²) < 4.78 is 13.6. The molecule has 1 N–H and O–H groups in total. The van der Waals surface area contributed by atoms with Gasteiger partial charge in [-0.3, -0.25) is 9.69 Å². The highest BCUT2D eigenvalue weighted by molar-refractivity contribution is 9.10. The van der Waals surface area contributed by atoms with Crippen molar-refractivity contribution in [3.8, 4) is 0 Å². The molecule has 2 heterocycles. The fourth-order valence-corrected chi connectivity index (χ4v) is 3.16. The molecule has 0 fully saturated rings. The molecule has 1 atom stereocenters. The van der Waals surface area contributed by atoms with E-state index in [9.17, 15) is 14.0 Å². The highest BCUT2D eigenvalue weighted by atomic mass is 79.9. The summed E-state index contributed by atoms with van der Waals surface area (Å²) in [6.45, 7) is 3.64. The summed E-state index contributed by atoms with van der Waals surface area (Å²) in [7, 11) is 0. The zero-order valence-corrected chi connectivity index (χ0v) is 15.2. The summed E-state index contributed by atoms with van der Waals surface area (Å²) in [5, 5.41) is 2.73. The molecule has 0 saturated heterocycles. The average molecular weight is 407 g/mol. The van der Waals surface area contributed by atoms with Gasteiger partial charge in [0.2, 0.25) is 5.91 Å². The predicted molar refractivity (Wildman–Crippen MR) is 97.3 cm³/mol. The van der Waals surface area contributed by atoms with Crippen LogP contribution in [0.3, 0.4) is 0 Å². The van der Waals surface area contributed by atoms with Crippen molar-refractivity contribution in [3.05, 3.63) is 46.8 Å². The topological polar surface area (TPSA) is 65.5 Å². The van der Waals surface area contributed by atoms with E-state index < -0.39 is 6.03 Å². The van der Waals surface area contributed by atoms with Crippen LogP contribution in [-0.4, -0.2) is 29.5 Å². The number of carbonyl (C=O) groups excluding carboxylic acids is 2. The maximum absolute atomic E-state index is 13.0. The summed E-state index contributed by atoms with van der Waals surface area (Å²) in [6, 6.07) is 8.39. The number of aromatic nitrogens is 1. The van der Waals surface area contributed by atoms with Crippen molar-refractivity contribution in [2.45, 2.75) is 19.9 Å². The van der Waals surface area contributed by atoms with Crippen LogP contribution in [0.2, 0.25) is 0 Å². The van der Waals surface area contributed by atoms with Crippen molar-refractivity contribution >= 4 is 45.1 Å². The molecule has 8 heteroatoms. The minimum absolute atomic E-state index is 0.114. The van der Waals surface area contributed by atoms with Crippen LogP contribution in [0.5, 0.6) is 0 Å². The lowest BCUT2D eigenvalue weighted by Gasteiger charge is -2.39. The molecule has 0 radical (unpaired) electrons. The Balaban J connectivity index is 1.94. The lowest BCUT2D eigenvalue weighted by atomic mass is 10.1. The van der Waals surface area contributed by atoms with Crippen molar-refractivity contribution in [2.75, 3.05) is 21.7 Å². The second kappa shape index (κ2) is 6.79. The number of nitrogens with zero attached hydrogens (tertiary/aromatic N) is 3. The number of hydrogen-bond donors (Lipinski definition) is 1. The van der Waals surface area contributed by atoms with E-state index in [4.69, 9.17) is 0 Å². The van der Waals surface area contributed by atoms with Crippen molar-refractivity contribution in [3.63, 3.8) is 0 Å². The van der Waals surface area contributed by atoms with Crippen LogP contribution in [-0.2, 0) is 4.79 Å². The number of halogens is 2.